The summed E-state index contributed by atoms with van der Waals surface area (Å²) in [5.74, 6) is 0. The Balaban J connectivity index is 5.63. The van der Waals surface area contributed by atoms with Crippen molar-refractivity contribution >= 4 is 8.07 Å². The van der Waals surface area contributed by atoms with Gasteiger partial charge in [0.15, 0.2) is 0 Å². The molecule has 0 fully saturated rings. The van der Waals surface area contributed by atoms with Crippen molar-refractivity contribution in [2.75, 3.05) is 0 Å². The smallest absolute Gasteiger partial charge is 0.0862 e. The van der Waals surface area contributed by atoms with Gasteiger partial charge in [-0.15, -0.1) is 12.3 Å². The molecule has 0 nitrogen and oxygen atoms in total. The molecule has 0 aliphatic rings. The van der Waals surface area contributed by atoms with E-state index in [9.17, 15) is 0 Å². The van der Waals surface area contributed by atoms with Crippen LogP contribution in [-0.4, -0.2) is 8.07 Å². The van der Waals surface area contributed by atoms with Crippen LogP contribution >= 0.6 is 0 Å². The van der Waals surface area contributed by atoms with Crippen LogP contribution in [0.25, 0.3) is 0 Å². The first-order valence-corrected chi connectivity index (χ1v) is 10.6. The van der Waals surface area contributed by atoms with Crippen LogP contribution in [0.4, 0.5) is 0 Å². The van der Waals surface area contributed by atoms with Crippen LogP contribution in [0.15, 0.2) is 12.3 Å². The van der Waals surface area contributed by atoms with E-state index in [0.29, 0.717) is 0 Å². The van der Waals surface area contributed by atoms with E-state index in [4.69, 9.17) is 0 Å². The first-order valence-electron chi connectivity index (χ1n) is 8.26. The summed E-state index contributed by atoms with van der Waals surface area (Å²) in [5.41, 5.74) is 5.29. The van der Waals surface area contributed by atoms with Crippen molar-refractivity contribution in [3.8, 4) is 0 Å². The van der Waals surface area contributed by atoms with Crippen molar-refractivity contribution < 1.29 is 0 Å². The highest BCUT2D eigenvalue weighted by Gasteiger charge is 2.46. The lowest BCUT2D eigenvalue weighted by atomic mass is 10.2. The number of rotatable bonds is 10. The molecular formula is C17H36Si. The fraction of sp³-hybridized carbons (Fsp3) is 0.882. The molecule has 0 spiro atoms. The molecule has 0 atom stereocenters. The molecule has 0 aliphatic carbocycles. The second-order valence-corrected chi connectivity index (χ2v) is 10.6. The summed E-state index contributed by atoms with van der Waals surface area (Å²) in [6.07, 6.45) is 8.09. The van der Waals surface area contributed by atoms with Crippen molar-refractivity contribution in [1.29, 1.82) is 0 Å². The third-order valence-corrected chi connectivity index (χ3v) is 12.8. The average Bonchev–Trinajstić information content (AvgIpc) is 2.41. The fourth-order valence-corrected chi connectivity index (χ4v) is 11.7. The van der Waals surface area contributed by atoms with E-state index in [2.05, 4.69) is 53.8 Å². The van der Waals surface area contributed by atoms with E-state index in [1.165, 1.54) is 38.5 Å². The lowest BCUT2D eigenvalue weighted by Crippen LogP contribution is -2.47. The monoisotopic (exact) mass is 268 g/mol. The van der Waals surface area contributed by atoms with Gasteiger partial charge in [0.2, 0.25) is 0 Å². The summed E-state index contributed by atoms with van der Waals surface area (Å²) in [6, 6.07) is 0. The van der Waals surface area contributed by atoms with Gasteiger partial charge in [-0.05, 0) is 16.6 Å². The Kier molecular flexibility index (Phi) is 8.93. The molecule has 0 aliphatic heterocycles. The maximum atomic E-state index is 4.35. The normalized spacial score (nSPS) is 12.7. The average molecular weight is 269 g/mol. The minimum Gasteiger partial charge on any atom is -0.107 e. The standard InChI is InChI=1S/C17H36Si/c1-8-15(9-2)18(14-7,16(10-3)11-4)17(12-5)13-6/h14-17H,7-13H2,1-6H3. The summed E-state index contributed by atoms with van der Waals surface area (Å²) in [6.45, 7) is 18.7. The molecule has 0 rings (SSSR count). The molecule has 0 aromatic carbocycles. The second-order valence-electron chi connectivity index (χ2n) is 5.74. The van der Waals surface area contributed by atoms with Gasteiger partial charge in [-0.1, -0.05) is 80.1 Å². The molecule has 0 aromatic heterocycles. The third kappa shape index (κ3) is 3.29. The molecule has 0 saturated carbocycles. The van der Waals surface area contributed by atoms with Gasteiger partial charge in [-0.25, -0.2) is 0 Å². The van der Waals surface area contributed by atoms with Gasteiger partial charge in [0.1, 0.15) is 0 Å². The summed E-state index contributed by atoms with van der Waals surface area (Å²) in [4.78, 5) is 0. The van der Waals surface area contributed by atoms with Gasteiger partial charge in [0.05, 0.1) is 8.07 Å². The van der Waals surface area contributed by atoms with Gasteiger partial charge < -0.3 is 0 Å². The molecule has 18 heavy (non-hydrogen) atoms. The van der Waals surface area contributed by atoms with E-state index in [0.717, 1.165) is 16.6 Å². The van der Waals surface area contributed by atoms with Crippen LogP contribution in [-0.2, 0) is 0 Å². The molecule has 0 N–H and O–H groups in total. The molecule has 108 valence electrons. The molecule has 0 radical (unpaired) electrons. The second kappa shape index (κ2) is 8.96. The van der Waals surface area contributed by atoms with Gasteiger partial charge in [-0.2, -0.15) is 0 Å². The number of hydrogen-bond acceptors (Lipinski definition) is 0. The largest absolute Gasteiger partial charge is 0.107 e. The van der Waals surface area contributed by atoms with Crippen LogP contribution in [0.3, 0.4) is 0 Å². The predicted molar refractivity (Wildman–Crippen MR) is 88.9 cm³/mol. The van der Waals surface area contributed by atoms with Gasteiger partial charge in [-0.3, -0.25) is 0 Å². The summed E-state index contributed by atoms with van der Waals surface area (Å²) in [5, 5.41) is 0. The molecule has 1 heteroatoms. The zero-order valence-electron chi connectivity index (χ0n) is 13.8. The van der Waals surface area contributed by atoms with Crippen molar-refractivity contribution in [1.82, 2.24) is 0 Å². The SMILES string of the molecule is C=C[Si](C(CC)CC)(C(CC)CC)C(CC)CC. The van der Waals surface area contributed by atoms with Crippen molar-refractivity contribution in [3.05, 3.63) is 12.3 Å². The van der Waals surface area contributed by atoms with Crippen LogP contribution in [0.5, 0.6) is 0 Å². The molecule has 0 heterocycles. The van der Waals surface area contributed by atoms with Crippen LogP contribution in [0, 0.1) is 0 Å². The van der Waals surface area contributed by atoms with Gasteiger partial charge in [0, 0.05) is 0 Å². The zero-order valence-corrected chi connectivity index (χ0v) is 14.8. The molecular weight excluding hydrogens is 232 g/mol. The van der Waals surface area contributed by atoms with Crippen LogP contribution < -0.4 is 0 Å². The van der Waals surface area contributed by atoms with Crippen molar-refractivity contribution in [2.45, 2.75) is 96.7 Å². The Morgan fingerprint density at radius 3 is 1.00 bits per heavy atom. The lowest BCUT2D eigenvalue weighted by molar-refractivity contribution is 0.607. The van der Waals surface area contributed by atoms with E-state index in [1.807, 2.05) is 0 Å². The molecule has 0 saturated heterocycles. The molecule has 0 aromatic rings. The predicted octanol–water partition coefficient (Wildman–Crippen LogP) is 6.73. The number of hydrogen-bond donors (Lipinski definition) is 0. The van der Waals surface area contributed by atoms with Crippen LogP contribution in [0.2, 0.25) is 16.6 Å². The molecule has 0 amide bonds. The van der Waals surface area contributed by atoms with E-state index < -0.39 is 8.07 Å². The summed E-state index contributed by atoms with van der Waals surface area (Å²) < 4.78 is 0. The zero-order chi connectivity index (χ0) is 14.2. The summed E-state index contributed by atoms with van der Waals surface area (Å²) in [7, 11) is -1.39. The minimum atomic E-state index is -1.39. The quantitative estimate of drug-likeness (QED) is 0.385. The van der Waals surface area contributed by atoms with Crippen LogP contribution in [0.1, 0.15) is 80.1 Å². The Hall–Kier alpha value is -0.0431. The van der Waals surface area contributed by atoms with E-state index in [1.54, 1.807) is 0 Å². The Labute approximate surface area is 117 Å². The summed E-state index contributed by atoms with van der Waals surface area (Å²) >= 11 is 0. The third-order valence-electron chi connectivity index (χ3n) is 5.43. The Morgan fingerprint density at radius 2 is 0.889 bits per heavy atom. The van der Waals surface area contributed by atoms with E-state index in [-0.39, 0.29) is 0 Å². The van der Waals surface area contributed by atoms with Gasteiger partial charge >= 0.3 is 0 Å². The topological polar surface area (TPSA) is 0 Å². The highest BCUT2D eigenvalue weighted by Crippen LogP contribution is 2.51. The first kappa shape index (κ1) is 18.0. The maximum absolute atomic E-state index is 4.35. The fourth-order valence-electron chi connectivity index (χ4n) is 4.49. The highest BCUT2D eigenvalue weighted by molar-refractivity contribution is 6.88. The van der Waals surface area contributed by atoms with Crippen molar-refractivity contribution in [2.24, 2.45) is 0 Å². The first-order chi connectivity index (χ1) is 8.62. The van der Waals surface area contributed by atoms with Crippen molar-refractivity contribution in [3.63, 3.8) is 0 Å². The van der Waals surface area contributed by atoms with Gasteiger partial charge in [0.25, 0.3) is 0 Å². The maximum Gasteiger partial charge on any atom is 0.0862 e. The molecule has 0 unspecified atom stereocenters. The molecule has 0 bridgehead atoms. The lowest BCUT2D eigenvalue weighted by Gasteiger charge is -2.47. The Morgan fingerprint density at radius 1 is 0.667 bits per heavy atom. The minimum absolute atomic E-state index is 0.935. The Bertz CT molecular complexity index is 178. The highest BCUT2D eigenvalue weighted by atomic mass is 28.3. The van der Waals surface area contributed by atoms with E-state index >= 15 is 0 Å².